The maximum absolute atomic E-state index is 13.9. The highest BCUT2D eigenvalue weighted by Crippen LogP contribution is 2.24. The highest BCUT2D eigenvalue weighted by molar-refractivity contribution is 5.94. The van der Waals surface area contributed by atoms with Crippen molar-refractivity contribution in [3.05, 3.63) is 70.9 Å². The molecule has 1 fully saturated rings. The summed E-state index contributed by atoms with van der Waals surface area (Å²) in [6, 6.07) is 10.6. The highest BCUT2D eigenvalue weighted by atomic mass is 19.1. The van der Waals surface area contributed by atoms with Crippen molar-refractivity contribution in [1.29, 1.82) is 0 Å². The molecule has 2 aromatic carbocycles. The quantitative estimate of drug-likeness (QED) is 0.650. The number of piperidine rings is 1. The van der Waals surface area contributed by atoms with Crippen LogP contribution in [-0.4, -0.2) is 41.3 Å². The van der Waals surface area contributed by atoms with Gasteiger partial charge < -0.3 is 15.2 Å². The maximum Gasteiger partial charge on any atom is 0.256 e. The molecule has 0 aliphatic carbocycles. The Kier molecular flexibility index (Phi) is 6.02. The van der Waals surface area contributed by atoms with Crippen LogP contribution in [0.25, 0.3) is 10.9 Å². The highest BCUT2D eigenvalue weighted by Gasteiger charge is 2.28. The van der Waals surface area contributed by atoms with Crippen LogP contribution in [0.1, 0.15) is 34.5 Å². The Balaban J connectivity index is 1.29. The van der Waals surface area contributed by atoms with E-state index in [9.17, 15) is 18.4 Å². The van der Waals surface area contributed by atoms with Gasteiger partial charge in [0.25, 0.3) is 5.91 Å². The van der Waals surface area contributed by atoms with Gasteiger partial charge in [0.2, 0.25) is 5.91 Å². The van der Waals surface area contributed by atoms with E-state index in [1.54, 1.807) is 23.1 Å². The molecular weight excluding hydrogens is 400 g/mol. The first-order valence-electron chi connectivity index (χ1n) is 10.5. The van der Waals surface area contributed by atoms with Gasteiger partial charge in [0.15, 0.2) is 0 Å². The molecule has 2 N–H and O–H groups in total. The molecule has 0 bridgehead atoms. The fourth-order valence-electron chi connectivity index (χ4n) is 4.28. The molecule has 2 heterocycles. The van der Waals surface area contributed by atoms with Gasteiger partial charge in [0, 0.05) is 42.1 Å². The van der Waals surface area contributed by atoms with Crippen LogP contribution in [-0.2, 0) is 11.2 Å². The first-order valence-corrected chi connectivity index (χ1v) is 10.5. The van der Waals surface area contributed by atoms with E-state index < -0.39 is 5.82 Å². The second kappa shape index (κ2) is 8.88. The largest absolute Gasteiger partial charge is 0.358 e. The standard InChI is InChI=1S/C24H25F2N3O2/c1-15-18(20-14-17(25)6-7-22(20)28-15)8-11-27-23(30)16-9-12-29(13-10-16)24(31)19-4-2-3-5-21(19)26/h2-7,14,16,28H,8-13H2,1H3,(H,27,30). The number of nitrogens with zero attached hydrogens (tertiary/aromatic N) is 1. The van der Waals surface area contributed by atoms with E-state index in [1.807, 2.05) is 6.92 Å². The number of hydrogen-bond acceptors (Lipinski definition) is 2. The topological polar surface area (TPSA) is 65.2 Å². The number of aromatic amines is 1. The van der Waals surface area contributed by atoms with E-state index in [2.05, 4.69) is 10.3 Å². The second-order valence-electron chi connectivity index (χ2n) is 8.01. The Morgan fingerprint density at radius 2 is 1.87 bits per heavy atom. The van der Waals surface area contributed by atoms with Crippen molar-refractivity contribution < 1.29 is 18.4 Å². The zero-order valence-corrected chi connectivity index (χ0v) is 17.4. The number of halogens is 2. The lowest BCUT2D eigenvalue weighted by atomic mass is 9.95. The third-order valence-corrected chi connectivity index (χ3v) is 6.01. The monoisotopic (exact) mass is 425 g/mol. The number of carbonyl (C=O) groups excluding carboxylic acids is 2. The second-order valence-corrected chi connectivity index (χ2v) is 8.01. The molecule has 0 radical (unpaired) electrons. The summed E-state index contributed by atoms with van der Waals surface area (Å²) in [6.07, 6.45) is 1.69. The first kappa shape index (κ1) is 21.0. The molecule has 0 spiro atoms. The van der Waals surface area contributed by atoms with Gasteiger partial charge >= 0.3 is 0 Å². The molecule has 0 unspecified atom stereocenters. The van der Waals surface area contributed by atoms with E-state index in [0.29, 0.717) is 38.9 Å². The van der Waals surface area contributed by atoms with E-state index >= 15 is 0 Å². The fraction of sp³-hybridized carbons (Fsp3) is 0.333. The summed E-state index contributed by atoms with van der Waals surface area (Å²) in [6.45, 7) is 3.24. The molecule has 31 heavy (non-hydrogen) atoms. The van der Waals surface area contributed by atoms with Crippen LogP contribution in [0.3, 0.4) is 0 Å². The minimum absolute atomic E-state index is 0.0401. The molecule has 0 saturated carbocycles. The average Bonchev–Trinajstić information content (AvgIpc) is 3.08. The molecule has 1 aromatic heterocycles. The molecule has 162 valence electrons. The molecular formula is C24H25F2N3O2. The van der Waals surface area contributed by atoms with Crippen LogP contribution < -0.4 is 5.32 Å². The van der Waals surface area contributed by atoms with E-state index in [-0.39, 0.29) is 29.1 Å². The lowest BCUT2D eigenvalue weighted by Gasteiger charge is -2.31. The summed E-state index contributed by atoms with van der Waals surface area (Å²) < 4.78 is 27.5. The lowest BCUT2D eigenvalue weighted by molar-refractivity contribution is -0.126. The Morgan fingerprint density at radius 1 is 1.13 bits per heavy atom. The van der Waals surface area contributed by atoms with Gasteiger partial charge in [-0.1, -0.05) is 12.1 Å². The summed E-state index contributed by atoms with van der Waals surface area (Å²) in [5.41, 5.74) is 2.91. The van der Waals surface area contributed by atoms with Gasteiger partial charge in [-0.3, -0.25) is 9.59 Å². The molecule has 1 aliphatic rings. The van der Waals surface area contributed by atoms with Gasteiger partial charge in [-0.05, 0) is 62.1 Å². The number of benzene rings is 2. The van der Waals surface area contributed by atoms with E-state index in [1.165, 1.54) is 24.3 Å². The van der Waals surface area contributed by atoms with Gasteiger partial charge in [-0.2, -0.15) is 0 Å². The normalized spacial score (nSPS) is 14.7. The zero-order chi connectivity index (χ0) is 22.0. The third-order valence-electron chi connectivity index (χ3n) is 6.01. The fourth-order valence-corrected chi connectivity index (χ4v) is 4.28. The number of nitrogens with one attached hydrogen (secondary N) is 2. The molecule has 5 nitrogen and oxygen atoms in total. The van der Waals surface area contributed by atoms with Crippen LogP contribution >= 0.6 is 0 Å². The van der Waals surface area contributed by atoms with Gasteiger partial charge in [0.05, 0.1) is 5.56 Å². The smallest absolute Gasteiger partial charge is 0.256 e. The van der Waals surface area contributed by atoms with Gasteiger partial charge in [-0.15, -0.1) is 0 Å². The number of fused-ring (bicyclic) bond motifs is 1. The van der Waals surface area contributed by atoms with Crippen molar-refractivity contribution in [2.75, 3.05) is 19.6 Å². The number of rotatable bonds is 5. The number of hydrogen-bond donors (Lipinski definition) is 2. The van der Waals surface area contributed by atoms with Crippen LogP contribution in [0.2, 0.25) is 0 Å². The van der Waals surface area contributed by atoms with Crippen molar-refractivity contribution in [3.8, 4) is 0 Å². The number of carbonyl (C=O) groups is 2. The minimum atomic E-state index is -0.528. The predicted octanol–water partition coefficient (Wildman–Crippen LogP) is 3.97. The molecule has 2 amide bonds. The summed E-state index contributed by atoms with van der Waals surface area (Å²) in [4.78, 5) is 30.0. The van der Waals surface area contributed by atoms with Crippen molar-refractivity contribution in [1.82, 2.24) is 15.2 Å². The zero-order valence-electron chi connectivity index (χ0n) is 17.4. The average molecular weight is 425 g/mol. The van der Waals surface area contributed by atoms with E-state index in [0.717, 1.165) is 22.2 Å². The number of aryl methyl sites for hydroxylation is 1. The van der Waals surface area contributed by atoms with Crippen molar-refractivity contribution in [2.24, 2.45) is 5.92 Å². The van der Waals surface area contributed by atoms with Crippen LogP contribution in [0.4, 0.5) is 8.78 Å². The Hall–Kier alpha value is -3.22. The molecule has 4 rings (SSSR count). The number of H-pyrrole nitrogens is 1. The predicted molar refractivity (Wildman–Crippen MR) is 115 cm³/mol. The molecule has 1 aliphatic heterocycles. The summed E-state index contributed by atoms with van der Waals surface area (Å²) in [7, 11) is 0. The van der Waals surface area contributed by atoms with Crippen LogP contribution in [0.15, 0.2) is 42.5 Å². The van der Waals surface area contributed by atoms with E-state index in [4.69, 9.17) is 0 Å². The minimum Gasteiger partial charge on any atom is -0.358 e. The SMILES string of the molecule is Cc1[nH]c2ccc(F)cc2c1CCNC(=O)C1CCN(C(=O)c2ccccc2F)CC1. The van der Waals surface area contributed by atoms with Crippen LogP contribution in [0.5, 0.6) is 0 Å². The molecule has 0 atom stereocenters. The Morgan fingerprint density at radius 3 is 2.61 bits per heavy atom. The van der Waals surface area contributed by atoms with Crippen molar-refractivity contribution in [3.63, 3.8) is 0 Å². The van der Waals surface area contributed by atoms with Gasteiger partial charge in [-0.25, -0.2) is 8.78 Å². The summed E-state index contributed by atoms with van der Waals surface area (Å²) in [5, 5.41) is 3.81. The first-order chi connectivity index (χ1) is 14.9. The maximum atomic E-state index is 13.9. The van der Waals surface area contributed by atoms with Crippen molar-refractivity contribution >= 4 is 22.7 Å². The number of likely N-dealkylation sites (tertiary alicyclic amines) is 1. The number of aromatic nitrogens is 1. The molecule has 7 heteroatoms. The Labute approximate surface area is 179 Å². The lowest BCUT2D eigenvalue weighted by Crippen LogP contribution is -2.43. The van der Waals surface area contributed by atoms with Gasteiger partial charge in [0.1, 0.15) is 11.6 Å². The van der Waals surface area contributed by atoms with Crippen LogP contribution in [0, 0.1) is 24.5 Å². The molecule has 1 saturated heterocycles. The third kappa shape index (κ3) is 4.45. The molecule has 3 aromatic rings. The Bertz CT molecular complexity index is 1120. The summed E-state index contributed by atoms with van der Waals surface area (Å²) in [5.74, 6) is -1.36. The van der Waals surface area contributed by atoms with Crippen molar-refractivity contribution in [2.45, 2.75) is 26.2 Å². The summed E-state index contributed by atoms with van der Waals surface area (Å²) >= 11 is 0. The number of amides is 2.